The molecule has 2 N–H and O–H groups in total. The number of benzene rings is 1. The van der Waals surface area contributed by atoms with Crippen LogP contribution in [0.2, 0.25) is 0 Å². The van der Waals surface area contributed by atoms with Gasteiger partial charge in [0.05, 0.1) is 18.8 Å². The summed E-state index contributed by atoms with van der Waals surface area (Å²) in [7, 11) is 0. The highest BCUT2D eigenvalue weighted by atomic mass is 19.1. The molecular formula is C20H29FN2O2. The molecule has 0 spiro atoms. The topological polar surface area (TPSA) is 55.6 Å². The van der Waals surface area contributed by atoms with E-state index >= 15 is 0 Å². The maximum Gasteiger partial charge on any atom is 0.219 e. The van der Waals surface area contributed by atoms with Gasteiger partial charge in [0, 0.05) is 19.5 Å². The summed E-state index contributed by atoms with van der Waals surface area (Å²) in [6.45, 7) is 2.89. The Bertz CT molecular complexity index is 587. The van der Waals surface area contributed by atoms with E-state index in [0.29, 0.717) is 6.61 Å². The number of hydrogen-bond donors (Lipinski definition) is 1. The number of rotatable bonds is 4. The summed E-state index contributed by atoms with van der Waals surface area (Å²) < 4.78 is 20.1. The molecule has 0 bridgehead atoms. The molecule has 1 aromatic rings. The van der Waals surface area contributed by atoms with Crippen LogP contribution in [0, 0.1) is 5.82 Å². The fraction of sp³-hybridized carbons (Fsp3) is 0.650. The first kappa shape index (κ1) is 18.3. The van der Waals surface area contributed by atoms with Gasteiger partial charge in [0.15, 0.2) is 0 Å². The van der Waals surface area contributed by atoms with Crippen LogP contribution in [0.25, 0.3) is 0 Å². The lowest BCUT2D eigenvalue weighted by molar-refractivity contribution is -0.135. The Morgan fingerprint density at radius 2 is 1.96 bits per heavy atom. The van der Waals surface area contributed by atoms with Crippen molar-refractivity contribution in [2.75, 3.05) is 13.2 Å². The molecule has 1 aliphatic heterocycles. The lowest BCUT2D eigenvalue weighted by Gasteiger charge is -2.40. The molecule has 1 aromatic carbocycles. The molecule has 1 aliphatic carbocycles. The highest BCUT2D eigenvalue weighted by molar-refractivity contribution is 5.73. The maximum atomic E-state index is 13.9. The van der Waals surface area contributed by atoms with Crippen LogP contribution in [0.3, 0.4) is 0 Å². The Morgan fingerprint density at radius 3 is 2.64 bits per heavy atom. The number of hydrogen-bond acceptors (Lipinski definition) is 3. The quantitative estimate of drug-likeness (QED) is 0.909. The lowest BCUT2D eigenvalue weighted by atomic mass is 9.82. The molecule has 3 rings (SSSR count). The standard InChI is InChI=1S/C20H29FN2O2/c1-14(24)23-12-4-7-19(22)20(23)13-25-16-10-8-15(9-11-16)17-5-2-3-6-18(17)21/h2-3,5-6,15-16,19-20H,4,7-13,22H2,1H3/t15-,16+,19-,20-/m0/s1. The largest absolute Gasteiger partial charge is 0.376 e. The van der Waals surface area contributed by atoms with Crippen LogP contribution in [0.1, 0.15) is 56.9 Å². The second-order valence-electron chi connectivity index (χ2n) is 7.41. The van der Waals surface area contributed by atoms with E-state index in [1.165, 1.54) is 0 Å². The van der Waals surface area contributed by atoms with Crippen molar-refractivity contribution in [3.63, 3.8) is 0 Å². The second kappa shape index (κ2) is 8.28. The van der Waals surface area contributed by atoms with Crippen molar-refractivity contribution >= 4 is 5.91 Å². The van der Waals surface area contributed by atoms with Crippen molar-refractivity contribution in [1.29, 1.82) is 0 Å². The minimum Gasteiger partial charge on any atom is -0.376 e. The Labute approximate surface area is 149 Å². The third-order valence-corrected chi connectivity index (χ3v) is 5.76. The molecule has 0 unspecified atom stereocenters. The van der Waals surface area contributed by atoms with E-state index in [1.807, 2.05) is 17.0 Å². The van der Waals surface area contributed by atoms with E-state index in [1.54, 1.807) is 19.1 Å². The lowest BCUT2D eigenvalue weighted by Crippen LogP contribution is -2.56. The minimum atomic E-state index is -0.0999. The summed E-state index contributed by atoms with van der Waals surface area (Å²) in [5, 5.41) is 0. The molecule has 2 aliphatic rings. The van der Waals surface area contributed by atoms with Gasteiger partial charge in [0.2, 0.25) is 5.91 Å². The van der Waals surface area contributed by atoms with E-state index in [9.17, 15) is 9.18 Å². The maximum absolute atomic E-state index is 13.9. The summed E-state index contributed by atoms with van der Waals surface area (Å²) in [5.74, 6) is 0.260. The van der Waals surface area contributed by atoms with Gasteiger partial charge in [-0.1, -0.05) is 18.2 Å². The van der Waals surface area contributed by atoms with Gasteiger partial charge in [0.1, 0.15) is 5.82 Å². The van der Waals surface area contributed by atoms with Gasteiger partial charge in [-0.15, -0.1) is 0 Å². The minimum absolute atomic E-state index is 0.00703. The number of piperidine rings is 1. The molecule has 2 atom stereocenters. The molecule has 1 saturated carbocycles. The van der Waals surface area contributed by atoms with Gasteiger partial charge in [-0.3, -0.25) is 4.79 Å². The first-order chi connectivity index (χ1) is 12.1. The molecule has 0 aromatic heterocycles. The smallest absolute Gasteiger partial charge is 0.219 e. The summed E-state index contributed by atoms with van der Waals surface area (Å²) in [6.07, 6.45) is 5.84. The van der Waals surface area contributed by atoms with Gasteiger partial charge in [0.25, 0.3) is 0 Å². The molecular weight excluding hydrogens is 319 g/mol. The zero-order valence-electron chi connectivity index (χ0n) is 15.0. The van der Waals surface area contributed by atoms with Crippen LogP contribution in [-0.2, 0) is 9.53 Å². The molecule has 1 saturated heterocycles. The third kappa shape index (κ3) is 4.39. The molecule has 138 valence electrons. The van der Waals surface area contributed by atoms with Crippen LogP contribution in [0.15, 0.2) is 24.3 Å². The molecule has 1 heterocycles. The third-order valence-electron chi connectivity index (χ3n) is 5.76. The van der Waals surface area contributed by atoms with Crippen molar-refractivity contribution in [2.24, 2.45) is 5.73 Å². The fourth-order valence-corrected chi connectivity index (χ4v) is 4.27. The van der Waals surface area contributed by atoms with E-state index < -0.39 is 0 Å². The summed E-state index contributed by atoms with van der Waals surface area (Å²) >= 11 is 0. The summed E-state index contributed by atoms with van der Waals surface area (Å²) in [6, 6.07) is 7.05. The average Bonchev–Trinajstić information content (AvgIpc) is 2.61. The highest BCUT2D eigenvalue weighted by Crippen LogP contribution is 2.35. The van der Waals surface area contributed by atoms with Crippen LogP contribution >= 0.6 is 0 Å². The Kier molecular flexibility index (Phi) is 6.07. The highest BCUT2D eigenvalue weighted by Gasteiger charge is 2.32. The first-order valence-electron chi connectivity index (χ1n) is 9.45. The van der Waals surface area contributed by atoms with Crippen LogP contribution in [-0.4, -0.2) is 42.1 Å². The number of halogens is 1. The number of nitrogens with two attached hydrogens (primary N) is 1. The van der Waals surface area contributed by atoms with E-state index in [0.717, 1.165) is 50.6 Å². The zero-order chi connectivity index (χ0) is 17.8. The van der Waals surface area contributed by atoms with Crippen molar-refractivity contribution in [2.45, 2.75) is 69.6 Å². The van der Waals surface area contributed by atoms with E-state index in [4.69, 9.17) is 10.5 Å². The Hall–Kier alpha value is -1.46. The van der Waals surface area contributed by atoms with Crippen molar-refractivity contribution in [3.05, 3.63) is 35.6 Å². The van der Waals surface area contributed by atoms with Gasteiger partial charge in [-0.05, 0) is 56.1 Å². The Morgan fingerprint density at radius 1 is 1.24 bits per heavy atom. The number of carbonyl (C=O) groups excluding carboxylic acids is 1. The fourth-order valence-electron chi connectivity index (χ4n) is 4.27. The van der Waals surface area contributed by atoms with Crippen LogP contribution in [0.4, 0.5) is 4.39 Å². The average molecular weight is 348 g/mol. The van der Waals surface area contributed by atoms with Gasteiger partial charge in [-0.25, -0.2) is 4.39 Å². The van der Waals surface area contributed by atoms with E-state index in [-0.39, 0.29) is 35.8 Å². The summed E-state index contributed by atoms with van der Waals surface area (Å²) in [4.78, 5) is 13.7. The van der Waals surface area contributed by atoms with Crippen molar-refractivity contribution in [3.8, 4) is 0 Å². The molecule has 5 heteroatoms. The second-order valence-corrected chi connectivity index (χ2v) is 7.41. The van der Waals surface area contributed by atoms with Crippen molar-refractivity contribution < 1.29 is 13.9 Å². The van der Waals surface area contributed by atoms with E-state index in [2.05, 4.69) is 0 Å². The molecule has 25 heavy (non-hydrogen) atoms. The normalized spacial score (nSPS) is 30.3. The van der Waals surface area contributed by atoms with Crippen LogP contribution in [0.5, 0.6) is 0 Å². The first-order valence-corrected chi connectivity index (χ1v) is 9.45. The number of carbonyl (C=O) groups is 1. The molecule has 4 nitrogen and oxygen atoms in total. The van der Waals surface area contributed by atoms with Crippen LogP contribution < -0.4 is 5.73 Å². The monoisotopic (exact) mass is 348 g/mol. The molecule has 1 amide bonds. The van der Waals surface area contributed by atoms with Gasteiger partial charge in [-0.2, -0.15) is 0 Å². The molecule has 2 fully saturated rings. The predicted molar refractivity (Wildman–Crippen MR) is 95.7 cm³/mol. The van der Waals surface area contributed by atoms with Gasteiger partial charge < -0.3 is 15.4 Å². The number of nitrogens with zero attached hydrogens (tertiary/aromatic N) is 1. The molecule has 0 radical (unpaired) electrons. The SMILES string of the molecule is CC(=O)N1CCC[C@H](N)[C@@H]1CO[C@H]1CC[C@@H](c2ccccc2F)CC1. The van der Waals surface area contributed by atoms with Gasteiger partial charge >= 0.3 is 0 Å². The van der Waals surface area contributed by atoms with Crippen molar-refractivity contribution in [1.82, 2.24) is 4.90 Å². The number of likely N-dealkylation sites (tertiary alicyclic amines) is 1. The number of amides is 1. The Balaban J connectivity index is 1.50. The predicted octanol–water partition coefficient (Wildman–Crippen LogP) is 3.21. The zero-order valence-corrected chi connectivity index (χ0v) is 15.0. The number of ether oxygens (including phenoxy) is 1. The summed E-state index contributed by atoms with van der Waals surface area (Å²) in [5.41, 5.74) is 7.05.